The molecule has 4 rings (SSSR count). The highest BCUT2D eigenvalue weighted by Gasteiger charge is 2.26. The van der Waals surface area contributed by atoms with Crippen LogP contribution in [-0.2, 0) is 11.2 Å². The van der Waals surface area contributed by atoms with Gasteiger partial charge in [-0.15, -0.1) is 0 Å². The fraction of sp³-hybridized carbons (Fsp3) is 0.440. The van der Waals surface area contributed by atoms with Gasteiger partial charge in [-0.25, -0.2) is 14.1 Å². The summed E-state index contributed by atoms with van der Waals surface area (Å²) in [6.07, 6.45) is 4.62. The molecule has 168 valence electrons. The Morgan fingerprint density at radius 3 is 2.53 bits per heavy atom. The summed E-state index contributed by atoms with van der Waals surface area (Å²) in [7, 11) is 0. The lowest BCUT2D eigenvalue weighted by atomic mass is 9.92. The number of rotatable bonds is 6. The molecule has 7 heteroatoms. The SMILES string of the molecule is Cc1nc(C)n([C@H](C)CC(=O)N2CCC(c3ccc(Cc4ccccc4F)cn3)CC2)n1. The molecule has 1 aliphatic rings. The largest absolute Gasteiger partial charge is 0.343 e. The maximum Gasteiger partial charge on any atom is 0.224 e. The molecule has 1 fully saturated rings. The molecule has 6 nitrogen and oxygen atoms in total. The Balaban J connectivity index is 1.30. The Kier molecular flexibility index (Phi) is 6.63. The quantitative estimate of drug-likeness (QED) is 0.577. The van der Waals surface area contributed by atoms with E-state index in [0.717, 1.165) is 48.8 Å². The van der Waals surface area contributed by atoms with Crippen molar-refractivity contribution in [3.63, 3.8) is 0 Å². The van der Waals surface area contributed by atoms with Crippen molar-refractivity contribution >= 4 is 5.91 Å². The van der Waals surface area contributed by atoms with Crippen molar-refractivity contribution in [2.24, 2.45) is 0 Å². The summed E-state index contributed by atoms with van der Waals surface area (Å²) in [5.74, 6) is 1.90. The van der Waals surface area contributed by atoms with Gasteiger partial charge in [-0.1, -0.05) is 24.3 Å². The van der Waals surface area contributed by atoms with Crippen molar-refractivity contribution in [1.29, 1.82) is 0 Å². The second kappa shape index (κ2) is 9.59. The van der Waals surface area contributed by atoms with Crippen LogP contribution in [0.25, 0.3) is 0 Å². The van der Waals surface area contributed by atoms with Gasteiger partial charge in [0.2, 0.25) is 5.91 Å². The Bertz CT molecular complexity index is 1070. The normalized spacial score (nSPS) is 15.7. The standard InChI is InChI=1S/C25H30FN5O/c1-17(31-19(3)28-18(2)29-31)14-25(32)30-12-10-21(11-13-30)24-9-8-20(16-27-24)15-22-6-4-5-7-23(22)26/h4-9,16-17,21H,10-15H2,1-3H3/t17-/m1/s1. The van der Waals surface area contributed by atoms with Crippen LogP contribution in [0.3, 0.4) is 0 Å². The summed E-state index contributed by atoms with van der Waals surface area (Å²) >= 11 is 0. The lowest BCUT2D eigenvalue weighted by Crippen LogP contribution is -2.39. The highest BCUT2D eigenvalue weighted by molar-refractivity contribution is 5.76. The first kappa shape index (κ1) is 22.1. The number of hydrogen-bond donors (Lipinski definition) is 0. The third kappa shape index (κ3) is 5.03. The Morgan fingerprint density at radius 2 is 1.91 bits per heavy atom. The lowest BCUT2D eigenvalue weighted by molar-refractivity contribution is -0.133. The lowest BCUT2D eigenvalue weighted by Gasteiger charge is -2.32. The third-order valence-electron chi connectivity index (χ3n) is 6.26. The molecule has 3 aromatic rings. The Hall–Kier alpha value is -3.09. The number of nitrogens with zero attached hydrogens (tertiary/aromatic N) is 5. The molecule has 1 aromatic carbocycles. The predicted octanol–water partition coefficient (Wildman–Crippen LogP) is 4.38. The molecule has 0 N–H and O–H groups in total. The van der Waals surface area contributed by atoms with E-state index in [0.29, 0.717) is 24.3 Å². The molecule has 0 aliphatic carbocycles. The van der Waals surface area contributed by atoms with Crippen LogP contribution < -0.4 is 0 Å². The van der Waals surface area contributed by atoms with Crippen LogP contribution in [0, 0.1) is 19.7 Å². The van der Waals surface area contributed by atoms with Gasteiger partial charge in [-0.3, -0.25) is 9.78 Å². The molecule has 0 spiro atoms. The van der Waals surface area contributed by atoms with E-state index in [9.17, 15) is 9.18 Å². The van der Waals surface area contributed by atoms with Crippen molar-refractivity contribution < 1.29 is 9.18 Å². The highest BCUT2D eigenvalue weighted by atomic mass is 19.1. The van der Waals surface area contributed by atoms with E-state index in [1.165, 1.54) is 6.07 Å². The topological polar surface area (TPSA) is 63.9 Å². The summed E-state index contributed by atoms with van der Waals surface area (Å²) < 4.78 is 15.7. The van der Waals surface area contributed by atoms with E-state index in [-0.39, 0.29) is 17.8 Å². The Morgan fingerprint density at radius 1 is 1.16 bits per heavy atom. The van der Waals surface area contributed by atoms with Gasteiger partial charge in [0.1, 0.15) is 17.5 Å². The van der Waals surface area contributed by atoms with Crippen LogP contribution in [0.2, 0.25) is 0 Å². The minimum absolute atomic E-state index is 0.00918. The van der Waals surface area contributed by atoms with E-state index < -0.39 is 0 Å². The van der Waals surface area contributed by atoms with Crippen molar-refractivity contribution in [1.82, 2.24) is 24.6 Å². The molecular weight excluding hydrogens is 405 g/mol. The number of aryl methyl sites for hydroxylation is 2. The van der Waals surface area contributed by atoms with Gasteiger partial charge in [0.05, 0.1) is 6.04 Å². The van der Waals surface area contributed by atoms with E-state index in [1.54, 1.807) is 6.07 Å². The second-order valence-corrected chi connectivity index (χ2v) is 8.72. The first-order valence-corrected chi connectivity index (χ1v) is 11.3. The maximum atomic E-state index is 13.9. The number of carbonyl (C=O) groups excluding carboxylic acids is 1. The Labute approximate surface area is 188 Å². The number of hydrogen-bond acceptors (Lipinski definition) is 4. The summed E-state index contributed by atoms with van der Waals surface area (Å²) in [5, 5.41) is 4.40. The monoisotopic (exact) mass is 435 g/mol. The molecule has 32 heavy (non-hydrogen) atoms. The van der Waals surface area contributed by atoms with Gasteiger partial charge in [0, 0.05) is 43.7 Å². The molecule has 1 saturated heterocycles. The number of pyridine rings is 1. The van der Waals surface area contributed by atoms with Gasteiger partial charge in [0.25, 0.3) is 0 Å². The van der Waals surface area contributed by atoms with Crippen molar-refractivity contribution in [2.45, 2.75) is 58.4 Å². The van der Waals surface area contributed by atoms with Crippen LogP contribution in [0.1, 0.15) is 66.6 Å². The fourth-order valence-corrected chi connectivity index (χ4v) is 4.49. The molecule has 0 radical (unpaired) electrons. The minimum atomic E-state index is -0.183. The highest BCUT2D eigenvalue weighted by Crippen LogP contribution is 2.28. The van der Waals surface area contributed by atoms with E-state index >= 15 is 0 Å². The summed E-state index contributed by atoms with van der Waals surface area (Å²) in [6.45, 7) is 7.28. The zero-order valence-corrected chi connectivity index (χ0v) is 19.0. The number of halogens is 1. The molecule has 2 aromatic heterocycles. The average Bonchev–Trinajstić information content (AvgIpc) is 3.14. The van der Waals surface area contributed by atoms with E-state index in [1.807, 2.05) is 54.7 Å². The molecule has 0 saturated carbocycles. The second-order valence-electron chi connectivity index (χ2n) is 8.72. The summed E-state index contributed by atoms with van der Waals surface area (Å²) in [6, 6.07) is 10.9. The maximum absolute atomic E-state index is 13.9. The zero-order valence-electron chi connectivity index (χ0n) is 19.0. The first-order chi connectivity index (χ1) is 15.4. The van der Waals surface area contributed by atoms with Crippen LogP contribution >= 0.6 is 0 Å². The molecule has 1 aliphatic heterocycles. The average molecular weight is 436 g/mol. The third-order valence-corrected chi connectivity index (χ3v) is 6.26. The number of aromatic nitrogens is 4. The van der Waals surface area contributed by atoms with Gasteiger partial charge in [-0.05, 0) is 56.9 Å². The van der Waals surface area contributed by atoms with Gasteiger partial charge in [0.15, 0.2) is 0 Å². The van der Waals surface area contributed by atoms with E-state index in [4.69, 9.17) is 0 Å². The number of amides is 1. The first-order valence-electron chi connectivity index (χ1n) is 11.3. The van der Waals surface area contributed by atoms with Crippen LogP contribution in [-0.4, -0.2) is 43.6 Å². The molecule has 1 atom stereocenters. The molecular formula is C25H30FN5O. The molecule has 0 bridgehead atoms. The van der Waals surface area contributed by atoms with E-state index in [2.05, 4.69) is 21.1 Å². The molecule has 1 amide bonds. The van der Waals surface area contributed by atoms with Crippen molar-refractivity contribution in [3.05, 3.63) is 76.9 Å². The van der Waals surface area contributed by atoms with Crippen molar-refractivity contribution in [2.75, 3.05) is 13.1 Å². The molecule has 3 heterocycles. The summed E-state index contributed by atoms with van der Waals surface area (Å²) in [4.78, 5) is 23.7. The van der Waals surface area contributed by atoms with Crippen molar-refractivity contribution in [3.8, 4) is 0 Å². The van der Waals surface area contributed by atoms with Crippen LogP contribution in [0.5, 0.6) is 0 Å². The number of likely N-dealkylation sites (tertiary alicyclic amines) is 1. The number of piperidine rings is 1. The van der Waals surface area contributed by atoms with Gasteiger partial charge < -0.3 is 4.90 Å². The predicted molar refractivity (Wildman–Crippen MR) is 121 cm³/mol. The van der Waals surface area contributed by atoms with Crippen LogP contribution in [0.15, 0.2) is 42.6 Å². The fourth-order valence-electron chi connectivity index (χ4n) is 4.49. The zero-order chi connectivity index (χ0) is 22.7. The van der Waals surface area contributed by atoms with Crippen LogP contribution in [0.4, 0.5) is 4.39 Å². The van der Waals surface area contributed by atoms with Gasteiger partial charge in [-0.2, -0.15) is 5.10 Å². The minimum Gasteiger partial charge on any atom is -0.343 e. The number of benzene rings is 1. The summed E-state index contributed by atoms with van der Waals surface area (Å²) in [5.41, 5.74) is 2.73. The van der Waals surface area contributed by atoms with Gasteiger partial charge >= 0.3 is 0 Å². The smallest absolute Gasteiger partial charge is 0.224 e. The number of carbonyl (C=O) groups is 1. The molecule has 0 unspecified atom stereocenters.